The third-order valence-electron chi connectivity index (χ3n) is 2.27. The standard InChI is InChI=1S/C11H15F2NO2.ClH/c1-15-8-4-3-5-9(16-2)11(8)7(14)6-10(12)13;/h3-5,7,10H,6,14H2,1-2H3;1H/t7-;/m0./s1. The van der Waals surface area contributed by atoms with Crippen LogP contribution in [0.15, 0.2) is 18.2 Å². The van der Waals surface area contributed by atoms with Gasteiger partial charge in [0, 0.05) is 12.5 Å². The van der Waals surface area contributed by atoms with E-state index < -0.39 is 18.9 Å². The fraction of sp³-hybridized carbons (Fsp3) is 0.455. The predicted octanol–water partition coefficient (Wildman–Crippen LogP) is 2.78. The van der Waals surface area contributed by atoms with E-state index >= 15 is 0 Å². The molecule has 3 nitrogen and oxygen atoms in total. The first-order chi connectivity index (χ1) is 7.60. The van der Waals surface area contributed by atoms with Gasteiger partial charge in [-0.15, -0.1) is 12.4 Å². The topological polar surface area (TPSA) is 44.5 Å². The lowest BCUT2D eigenvalue weighted by atomic mass is 10.0. The Kier molecular flexibility index (Phi) is 6.83. The number of hydrogen-bond donors (Lipinski definition) is 1. The third kappa shape index (κ3) is 4.02. The first kappa shape index (κ1) is 15.9. The third-order valence-corrected chi connectivity index (χ3v) is 2.27. The van der Waals surface area contributed by atoms with Crippen molar-refractivity contribution in [2.45, 2.75) is 18.9 Å². The molecule has 98 valence electrons. The molecule has 0 aromatic heterocycles. The number of alkyl halides is 2. The number of ether oxygens (including phenoxy) is 2. The van der Waals surface area contributed by atoms with Crippen LogP contribution in [0.5, 0.6) is 11.5 Å². The highest BCUT2D eigenvalue weighted by Crippen LogP contribution is 2.35. The summed E-state index contributed by atoms with van der Waals surface area (Å²) in [6.45, 7) is 0. The van der Waals surface area contributed by atoms with Crippen LogP contribution in [0.2, 0.25) is 0 Å². The van der Waals surface area contributed by atoms with E-state index in [1.165, 1.54) is 14.2 Å². The van der Waals surface area contributed by atoms with Gasteiger partial charge in [-0.25, -0.2) is 8.78 Å². The molecule has 0 fully saturated rings. The Hall–Kier alpha value is -1.07. The summed E-state index contributed by atoms with van der Waals surface area (Å²) in [6, 6.07) is 4.26. The Balaban J connectivity index is 0.00000256. The van der Waals surface area contributed by atoms with E-state index in [9.17, 15) is 8.78 Å². The zero-order valence-electron chi connectivity index (χ0n) is 9.65. The normalized spacial score (nSPS) is 11.9. The number of halogens is 3. The van der Waals surface area contributed by atoms with Crippen LogP contribution in [0.1, 0.15) is 18.0 Å². The van der Waals surface area contributed by atoms with Gasteiger partial charge in [-0.2, -0.15) is 0 Å². The molecule has 0 radical (unpaired) electrons. The Bertz CT molecular complexity index is 328. The average molecular weight is 268 g/mol. The molecule has 17 heavy (non-hydrogen) atoms. The van der Waals surface area contributed by atoms with Crippen LogP contribution in [0.4, 0.5) is 8.78 Å². The number of rotatable bonds is 5. The molecular weight excluding hydrogens is 252 g/mol. The van der Waals surface area contributed by atoms with Gasteiger partial charge in [0.2, 0.25) is 6.43 Å². The van der Waals surface area contributed by atoms with Crippen molar-refractivity contribution >= 4 is 12.4 Å². The van der Waals surface area contributed by atoms with E-state index in [1.807, 2.05) is 0 Å². The molecule has 0 aliphatic rings. The lowest BCUT2D eigenvalue weighted by Gasteiger charge is -2.18. The van der Waals surface area contributed by atoms with Crippen molar-refractivity contribution in [2.24, 2.45) is 5.73 Å². The predicted molar refractivity (Wildman–Crippen MR) is 64.3 cm³/mol. The lowest BCUT2D eigenvalue weighted by Crippen LogP contribution is -2.16. The second kappa shape index (κ2) is 7.29. The molecule has 0 saturated heterocycles. The van der Waals surface area contributed by atoms with Gasteiger partial charge >= 0.3 is 0 Å². The average Bonchev–Trinajstić information content (AvgIpc) is 2.26. The zero-order valence-corrected chi connectivity index (χ0v) is 10.5. The maximum absolute atomic E-state index is 12.3. The summed E-state index contributed by atoms with van der Waals surface area (Å²) in [5, 5.41) is 0. The first-order valence-electron chi connectivity index (χ1n) is 4.84. The summed E-state index contributed by atoms with van der Waals surface area (Å²) in [5.74, 6) is 0.931. The van der Waals surface area contributed by atoms with E-state index in [4.69, 9.17) is 15.2 Å². The fourth-order valence-electron chi connectivity index (χ4n) is 1.56. The van der Waals surface area contributed by atoms with E-state index in [-0.39, 0.29) is 12.4 Å². The molecule has 1 aromatic rings. The maximum Gasteiger partial charge on any atom is 0.240 e. The highest BCUT2D eigenvalue weighted by Gasteiger charge is 2.20. The molecule has 0 unspecified atom stereocenters. The largest absolute Gasteiger partial charge is 0.496 e. The monoisotopic (exact) mass is 267 g/mol. The van der Waals surface area contributed by atoms with Crippen LogP contribution in [0, 0.1) is 0 Å². The Morgan fingerprint density at radius 2 is 1.65 bits per heavy atom. The minimum atomic E-state index is -2.45. The van der Waals surface area contributed by atoms with Crippen LogP contribution >= 0.6 is 12.4 Å². The molecule has 0 saturated carbocycles. The molecular formula is C11H16ClF2NO2. The van der Waals surface area contributed by atoms with Gasteiger partial charge in [-0.3, -0.25) is 0 Å². The van der Waals surface area contributed by atoms with Crippen molar-refractivity contribution in [2.75, 3.05) is 14.2 Å². The van der Waals surface area contributed by atoms with Crippen molar-refractivity contribution in [3.8, 4) is 11.5 Å². The SMILES string of the molecule is COc1cccc(OC)c1[C@@H](N)CC(F)F.Cl. The van der Waals surface area contributed by atoms with Crippen LogP contribution in [0.25, 0.3) is 0 Å². The Morgan fingerprint density at radius 1 is 1.18 bits per heavy atom. The molecule has 1 aromatic carbocycles. The fourth-order valence-corrected chi connectivity index (χ4v) is 1.56. The number of nitrogens with two attached hydrogens (primary N) is 1. The van der Waals surface area contributed by atoms with Gasteiger partial charge in [-0.05, 0) is 12.1 Å². The smallest absolute Gasteiger partial charge is 0.240 e. The summed E-state index contributed by atoms with van der Waals surface area (Å²) in [4.78, 5) is 0. The van der Waals surface area contributed by atoms with E-state index in [1.54, 1.807) is 18.2 Å². The molecule has 0 aliphatic heterocycles. The summed E-state index contributed by atoms with van der Waals surface area (Å²) >= 11 is 0. The van der Waals surface area contributed by atoms with Gasteiger partial charge in [-0.1, -0.05) is 6.07 Å². The summed E-state index contributed by atoms with van der Waals surface area (Å²) in [7, 11) is 2.93. The quantitative estimate of drug-likeness (QED) is 0.892. The maximum atomic E-state index is 12.3. The van der Waals surface area contributed by atoms with Crippen LogP contribution in [-0.2, 0) is 0 Å². The molecule has 0 bridgehead atoms. The summed E-state index contributed by atoms with van der Waals surface area (Å²) in [5.41, 5.74) is 6.19. The zero-order chi connectivity index (χ0) is 12.1. The van der Waals surface area contributed by atoms with Crippen molar-refractivity contribution in [1.29, 1.82) is 0 Å². The van der Waals surface area contributed by atoms with Gasteiger partial charge in [0.1, 0.15) is 11.5 Å². The first-order valence-corrected chi connectivity index (χ1v) is 4.84. The summed E-state index contributed by atoms with van der Waals surface area (Å²) in [6.07, 6.45) is -2.87. The van der Waals surface area contributed by atoms with Crippen LogP contribution < -0.4 is 15.2 Å². The molecule has 6 heteroatoms. The number of methoxy groups -OCH3 is 2. The number of hydrogen-bond acceptors (Lipinski definition) is 3. The van der Waals surface area contributed by atoms with Crippen molar-refractivity contribution in [3.05, 3.63) is 23.8 Å². The van der Waals surface area contributed by atoms with Gasteiger partial charge in [0.25, 0.3) is 0 Å². The Labute approximate surface area is 105 Å². The lowest BCUT2D eigenvalue weighted by molar-refractivity contribution is 0.127. The van der Waals surface area contributed by atoms with Crippen LogP contribution in [0.3, 0.4) is 0 Å². The Morgan fingerprint density at radius 3 is 2.00 bits per heavy atom. The van der Waals surface area contributed by atoms with Crippen molar-refractivity contribution in [3.63, 3.8) is 0 Å². The molecule has 0 amide bonds. The second-order valence-electron chi connectivity index (χ2n) is 3.31. The second-order valence-corrected chi connectivity index (χ2v) is 3.31. The summed E-state index contributed by atoms with van der Waals surface area (Å²) < 4.78 is 34.7. The van der Waals surface area contributed by atoms with Crippen molar-refractivity contribution < 1.29 is 18.3 Å². The van der Waals surface area contributed by atoms with E-state index in [2.05, 4.69) is 0 Å². The molecule has 2 N–H and O–H groups in total. The van der Waals surface area contributed by atoms with Gasteiger partial charge in [0.15, 0.2) is 0 Å². The van der Waals surface area contributed by atoms with Gasteiger partial charge in [0.05, 0.1) is 19.8 Å². The van der Waals surface area contributed by atoms with E-state index in [0.29, 0.717) is 17.1 Å². The minimum Gasteiger partial charge on any atom is -0.496 e. The molecule has 0 aliphatic carbocycles. The highest BCUT2D eigenvalue weighted by molar-refractivity contribution is 5.85. The molecule has 0 heterocycles. The van der Waals surface area contributed by atoms with Crippen molar-refractivity contribution in [1.82, 2.24) is 0 Å². The number of benzene rings is 1. The molecule has 1 atom stereocenters. The highest BCUT2D eigenvalue weighted by atomic mass is 35.5. The van der Waals surface area contributed by atoms with Crippen LogP contribution in [-0.4, -0.2) is 20.6 Å². The molecule has 0 spiro atoms. The van der Waals surface area contributed by atoms with E-state index in [0.717, 1.165) is 0 Å². The van der Waals surface area contributed by atoms with Gasteiger partial charge < -0.3 is 15.2 Å². The minimum absolute atomic E-state index is 0. The molecule has 1 rings (SSSR count).